The third-order valence-corrected chi connectivity index (χ3v) is 8.35. The summed E-state index contributed by atoms with van der Waals surface area (Å²) in [6.07, 6.45) is 0.741. The summed E-state index contributed by atoms with van der Waals surface area (Å²) in [5, 5.41) is 0.575. The van der Waals surface area contributed by atoms with Crippen LogP contribution in [0.2, 0.25) is 0 Å². The van der Waals surface area contributed by atoms with E-state index in [9.17, 15) is 13.2 Å². The maximum Gasteiger partial charge on any atom is 0.250 e. The number of hydrogen-bond acceptors (Lipinski definition) is 4. The van der Waals surface area contributed by atoms with Crippen molar-refractivity contribution >= 4 is 38.4 Å². The average Bonchev–Trinajstić information content (AvgIpc) is 3.04. The van der Waals surface area contributed by atoms with Gasteiger partial charge in [0.15, 0.2) is 15.0 Å². The molecule has 0 radical (unpaired) electrons. The number of benzene rings is 1. The summed E-state index contributed by atoms with van der Waals surface area (Å²) in [6.45, 7) is 8.11. The van der Waals surface area contributed by atoms with Crippen LogP contribution in [0, 0.1) is 5.92 Å². The summed E-state index contributed by atoms with van der Waals surface area (Å²) in [5.41, 5.74) is 2.13. The molecule has 0 aromatic heterocycles. The van der Waals surface area contributed by atoms with E-state index in [-0.39, 0.29) is 34.6 Å². The summed E-state index contributed by atoms with van der Waals surface area (Å²) in [6, 6.07) is 7.99. The topological polar surface area (TPSA) is 66.8 Å². The third-order valence-electron chi connectivity index (χ3n) is 5.14. The quantitative estimate of drug-likeness (QED) is 0.782. The minimum Gasteiger partial charge on any atom is -0.316 e. The van der Waals surface area contributed by atoms with E-state index in [1.807, 2.05) is 30.9 Å². The average molecular weight is 395 g/mol. The summed E-state index contributed by atoms with van der Waals surface area (Å²) in [4.78, 5) is 18.7. The number of sulfone groups is 1. The van der Waals surface area contributed by atoms with Gasteiger partial charge in [-0.25, -0.2) is 8.42 Å². The van der Waals surface area contributed by atoms with Crippen LogP contribution in [-0.4, -0.2) is 42.3 Å². The maximum absolute atomic E-state index is 12.4. The molecule has 1 amide bonds. The SMILES string of the molecule is CC[C@H](C)C(=O)N=C1S[C@@H]2CS(=O)(=O)C[C@H]2N1c1ccc(C(C)C)cc1. The highest BCUT2D eigenvalue weighted by Crippen LogP contribution is 2.41. The van der Waals surface area contributed by atoms with E-state index >= 15 is 0 Å². The number of amidine groups is 1. The van der Waals surface area contributed by atoms with Crippen molar-refractivity contribution in [1.82, 2.24) is 0 Å². The first-order chi connectivity index (χ1) is 12.2. The lowest BCUT2D eigenvalue weighted by atomic mass is 10.0. The maximum atomic E-state index is 12.4. The van der Waals surface area contributed by atoms with Crippen LogP contribution in [0.5, 0.6) is 0 Å². The van der Waals surface area contributed by atoms with Gasteiger partial charge in [-0.05, 0) is 30.0 Å². The minimum atomic E-state index is -3.04. The predicted molar refractivity (Wildman–Crippen MR) is 109 cm³/mol. The molecule has 7 heteroatoms. The van der Waals surface area contributed by atoms with E-state index in [4.69, 9.17) is 0 Å². The fraction of sp³-hybridized carbons (Fsp3) is 0.579. The highest BCUT2D eigenvalue weighted by molar-refractivity contribution is 8.16. The van der Waals surface area contributed by atoms with Crippen LogP contribution in [0.3, 0.4) is 0 Å². The summed E-state index contributed by atoms with van der Waals surface area (Å²) in [7, 11) is -3.04. The summed E-state index contributed by atoms with van der Waals surface area (Å²) < 4.78 is 24.2. The number of carbonyl (C=O) groups excluding carboxylic acids is 1. The Morgan fingerprint density at radius 3 is 2.46 bits per heavy atom. The van der Waals surface area contributed by atoms with Crippen molar-refractivity contribution in [3.05, 3.63) is 29.8 Å². The van der Waals surface area contributed by atoms with E-state index in [0.29, 0.717) is 11.1 Å². The Morgan fingerprint density at radius 1 is 1.23 bits per heavy atom. The number of aliphatic imine (C=N–C) groups is 1. The monoisotopic (exact) mass is 394 g/mol. The molecule has 2 heterocycles. The van der Waals surface area contributed by atoms with Crippen LogP contribution in [-0.2, 0) is 14.6 Å². The molecule has 0 unspecified atom stereocenters. The Balaban J connectivity index is 1.97. The Kier molecular flexibility index (Phi) is 5.49. The molecule has 1 aromatic rings. The minimum absolute atomic E-state index is 0.0618. The number of thioether (sulfide) groups is 1. The lowest BCUT2D eigenvalue weighted by Gasteiger charge is -2.25. The zero-order valence-corrected chi connectivity index (χ0v) is 17.3. The van der Waals surface area contributed by atoms with E-state index < -0.39 is 9.84 Å². The van der Waals surface area contributed by atoms with Gasteiger partial charge in [-0.15, -0.1) is 0 Å². The van der Waals surface area contributed by atoms with E-state index in [1.165, 1.54) is 17.3 Å². The third kappa shape index (κ3) is 3.83. The molecule has 2 aliphatic rings. The fourth-order valence-electron chi connectivity index (χ4n) is 3.27. The highest BCUT2D eigenvalue weighted by atomic mass is 32.2. The van der Waals surface area contributed by atoms with Gasteiger partial charge in [0.1, 0.15) is 0 Å². The van der Waals surface area contributed by atoms with Crippen molar-refractivity contribution < 1.29 is 13.2 Å². The van der Waals surface area contributed by atoms with Gasteiger partial charge in [-0.3, -0.25) is 4.79 Å². The van der Waals surface area contributed by atoms with E-state index in [0.717, 1.165) is 12.1 Å². The summed E-state index contributed by atoms with van der Waals surface area (Å²) in [5.74, 6) is 0.433. The van der Waals surface area contributed by atoms with Gasteiger partial charge in [-0.1, -0.05) is 51.6 Å². The molecule has 0 aliphatic carbocycles. The second kappa shape index (κ2) is 7.35. The van der Waals surface area contributed by atoms with Gasteiger partial charge in [0.2, 0.25) is 0 Å². The molecule has 2 saturated heterocycles. The number of rotatable bonds is 4. The molecule has 26 heavy (non-hydrogen) atoms. The lowest BCUT2D eigenvalue weighted by molar-refractivity contribution is -0.121. The van der Waals surface area contributed by atoms with Crippen molar-refractivity contribution in [2.24, 2.45) is 10.9 Å². The molecule has 142 valence electrons. The van der Waals surface area contributed by atoms with Gasteiger partial charge in [0.05, 0.1) is 17.5 Å². The van der Waals surface area contributed by atoms with Gasteiger partial charge in [0.25, 0.3) is 5.91 Å². The molecule has 2 aliphatic heterocycles. The number of fused-ring (bicyclic) bond motifs is 1. The molecule has 0 spiro atoms. The summed E-state index contributed by atoms with van der Waals surface area (Å²) >= 11 is 1.43. The van der Waals surface area contributed by atoms with E-state index in [2.05, 4.69) is 31.0 Å². The molecule has 0 bridgehead atoms. The predicted octanol–water partition coefficient (Wildman–Crippen LogP) is 3.46. The van der Waals surface area contributed by atoms with Crippen LogP contribution in [0.1, 0.15) is 45.6 Å². The van der Waals surface area contributed by atoms with Crippen LogP contribution in [0.4, 0.5) is 5.69 Å². The molecule has 0 N–H and O–H groups in total. The van der Waals surface area contributed by atoms with Crippen molar-refractivity contribution in [3.63, 3.8) is 0 Å². The van der Waals surface area contributed by atoms with Crippen molar-refractivity contribution in [3.8, 4) is 0 Å². The first-order valence-corrected chi connectivity index (χ1v) is 11.8. The normalized spacial score (nSPS) is 27.1. The molecular formula is C19H26N2O3S2. The van der Waals surface area contributed by atoms with Gasteiger partial charge in [0, 0.05) is 16.9 Å². The number of carbonyl (C=O) groups is 1. The van der Waals surface area contributed by atoms with Gasteiger partial charge in [-0.2, -0.15) is 4.99 Å². The second-order valence-electron chi connectivity index (χ2n) is 7.46. The highest BCUT2D eigenvalue weighted by Gasteiger charge is 2.49. The number of amides is 1. The molecule has 0 saturated carbocycles. The number of hydrogen-bond donors (Lipinski definition) is 0. The molecule has 2 fully saturated rings. The zero-order chi connectivity index (χ0) is 19.1. The molecule has 3 atom stereocenters. The van der Waals surface area contributed by atoms with Crippen LogP contribution in [0.15, 0.2) is 29.3 Å². The van der Waals surface area contributed by atoms with Crippen LogP contribution in [0.25, 0.3) is 0 Å². The van der Waals surface area contributed by atoms with Crippen LogP contribution >= 0.6 is 11.8 Å². The smallest absolute Gasteiger partial charge is 0.250 e. The number of anilines is 1. The first-order valence-electron chi connectivity index (χ1n) is 9.10. The number of nitrogens with zero attached hydrogens (tertiary/aromatic N) is 2. The molecule has 5 nitrogen and oxygen atoms in total. The Hall–Kier alpha value is -1.34. The zero-order valence-electron chi connectivity index (χ0n) is 15.7. The van der Waals surface area contributed by atoms with E-state index in [1.54, 1.807) is 0 Å². The Morgan fingerprint density at radius 2 is 1.88 bits per heavy atom. The molecule has 1 aromatic carbocycles. The van der Waals surface area contributed by atoms with Crippen LogP contribution < -0.4 is 4.90 Å². The first kappa shape index (κ1) is 19.4. The Bertz CT molecular complexity index is 816. The van der Waals surface area contributed by atoms with Crippen molar-refractivity contribution in [2.45, 2.75) is 51.3 Å². The van der Waals surface area contributed by atoms with Crippen molar-refractivity contribution in [2.75, 3.05) is 16.4 Å². The second-order valence-corrected chi connectivity index (χ2v) is 10.8. The van der Waals surface area contributed by atoms with Gasteiger partial charge >= 0.3 is 0 Å². The Labute approximate surface area is 160 Å². The molecule has 3 rings (SSSR count). The lowest BCUT2D eigenvalue weighted by Crippen LogP contribution is -2.37. The standard InChI is InChI=1S/C19H26N2O3S2/c1-5-13(4)18(22)20-19-21(15-8-6-14(7-9-15)12(2)3)16-10-26(23,24)11-17(16)25-19/h6-9,12-13,16-17H,5,10-11H2,1-4H3/t13-,16+,17+/m0/s1. The van der Waals surface area contributed by atoms with Crippen molar-refractivity contribution in [1.29, 1.82) is 0 Å². The largest absolute Gasteiger partial charge is 0.316 e. The molecular weight excluding hydrogens is 368 g/mol. The van der Waals surface area contributed by atoms with Gasteiger partial charge < -0.3 is 4.90 Å². The fourth-order valence-corrected chi connectivity index (χ4v) is 7.18.